The van der Waals surface area contributed by atoms with E-state index in [4.69, 9.17) is 0 Å². The number of amides is 1. The Morgan fingerprint density at radius 1 is 1.09 bits per heavy atom. The van der Waals surface area contributed by atoms with Crippen LogP contribution in [0, 0.1) is 0 Å². The van der Waals surface area contributed by atoms with Crippen LogP contribution in [0.3, 0.4) is 0 Å². The van der Waals surface area contributed by atoms with E-state index in [9.17, 15) is 4.79 Å². The van der Waals surface area contributed by atoms with Gasteiger partial charge in [0.1, 0.15) is 0 Å². The zero-order chi connectivity index (χ0) is 15.6. The average Bonchev–Trinajstić information content (AvgIpc) is 2.48. The minimum atomic E-state index is -0.328. The van der Waals surface area contributed by atoms with Crippen LogP contribution in [0.2, 0.25) is 0 Å². The van der Waals surface area contributed by atoms with Crippen molar-refractivity contribution in [2.24, 2.45) is 0 Å². The molecule has 3 rings (SSSR count). The number of halogens is 1. The van der Waals surface area contributed by atoms with Crippen LogP contribution in [0.4, 0.5) is 0 Å². The van der Waals surface area contributed by atoms with Gasteiger partial charge >= 0.3 is 0 Å². The molecule has 0 spiro atoms. The Labute approximate surface area is 140 Å². The molecular formula is C19H20BrNO. The Balaban J connectivity index is 1.77. The molecule has 0 aromatic heterocycles. The van der Waals surface area contributed by atoms with Gasteiger partial charge in [0.05, 0.1) is 11.5 Å². The van der Waals surface area contributed by atoms with Gasteiger partial charge in [-0.1, -0.05) is 64.8 Å². The monoisotopic (exact) mass is 357 g/mol. The van der Waals surface area contributed by atoms with Gasteiger partial charge < -0.3 is 5.32 Å². The smallest absolute Gasteiger partial charge is 0.231 e. The molecule has 2 aromatic carbocycles. The van der Waals surface area contributed by atoms with Gasteiger partial charge in [-0.25, -0.2) is 0 Å². The van der Waals surface area contributed by atoms with E-state index in [-0.39, 0.29) is 17.4 Å². The number of carbonyl (C=O) groups is 1. The van der Waals surface area contributed by atoms with E-state index in [1.807, 2.05) is 49.4 Å². The Morgan fingerprint density at radius 3 is 2.27 bits per heavy atom. The van der Waals surface area contributed by atoms with Gasteiger partial charge in [-0.3, -0.25) is 4.79 Å². The molecule has 2 aromatic rings. The quantitative estimate of drug-likeness (QED) is 0.840. The first-order chi connectivity index (χ1) is 10.6. The molecule has 1 saturated carbocycles. The minimum absolute atomic E-state index is 0.0155. The van der Waals surface area contributed by atoms with Crippen LogP contribution in [0.25, 0.3) is 0 Å². The van der Waals surface area contributed by atoms with E-state index < -0.39 is 0 Å². The van der Waals surface area contributed by atoms with Gasteiger partial charge in [-0.15, -0.1) is 0 Å². The summed E-state index contributed by atoms with van der Waals surface area (Å²) in [7, 11) is 0. The molecule has 1 fully saturated rings. The summed E-state index contributed by atoms with van der Waals surface area (Å²) in [5, 5.41) is 3.20. The van der Waals surface area contributed by atoms with Crippen molar-refractivity contribution in [2.75, 3.05) is 0 Å². The molecule has 1 amide bonds. The van der Waals surface area contributed by atoms with Crippen LogP contribution < -0.4 is 5.32 Å². The van der Waals surface area contributed by atoms with Crippen molar-refractivity contribution in [3.8, 4) is 0 Å². The van der Waals surface area contributed by atoms with Crippen LogP contribution in [-0.2, 0) is 10.2 Å². The SMILES string of the molecule is CC(NC(=O)C1(c2ccccc2)CCC1)c1ccc(Br)cc1. The van der Waals surface area contributed by atoms with Crippen LogP contribution in [0.5, 0.6) is 0 Å². The number of rotatable bonds is 4. The Kier molecular flexibility index (Phi) is 4.34. The highest BCUT2D eigenvalue weighted by atomic mass is 79.9. The summed E-state index contributed by atoms with van der Waals surface area (Å²) < 4.78 is 1.05. The molecule has 1 unspecified atom stereocenters. The summed E-state index contributed by atoms with van der Waals surface area (Å²) in [6, 6.07) is 18.3. The normalized spacial score (nSPS) is 17.4. The Hall–Kier alpha value is -1.61. The molecule has 0 bridgehead atoms. The van der Waals surface area contributed by atoms with E-state index >= 15 is 0 Å². The predicted octanol–water partition coefficient (Wildman–Crippen LogP) is 4.75. The summed E-state index contributed by atoms with van der Waals surface area (Å²) in [5.41, 5.74) is 1.94. The van der Waals surface area contributed by atoms with Crippen molar-refractivity contribution in [1.82, 2.24) is 5.32 Å². The molecule has 22 heavy (non-hydrogen) atoms. The fraction of sp³-hybridized carbons (Fsp3) is 0.316. The molecule has 0 saturated heterocycles. The summed E-state index contributed by atoms with van der Waals surface area (Å²) in [6.07, 6.45) is 3.00. The number of carbonyl (C=O) groups excluding carboxylic acids is 1. The maximum Gasteiger partial charge on any atom is 0.231 e. The van der Waals surface area contributed by atoms with Gasteiger partial charge in [0.25, 0.3) is 0 Å². The molecule has 0 aliphatic heterocycles. The van der Waals surface area contributed by atoms with E-state index in [2.05, 4.69) is 33.4 Å². The molecule has 0 heterocycles. The van der Waals surface area contributed by atoms with Crippen molar-refractivity contribution in [3.05, 3.63) is 70.2 Å². The van der Waals surface area contributed by atoms with Crippen LogP contribution in [0.15, 0.2) is 59.1 Å². The zero-order valence-corrected chi connectivity index (χ0v) is 14.3. The van der Waals surface area contributed by atoms with E-state index in [0.29, 0.717) is 0 Å². The van der Waals surface area contributed by atoms with Crippen molar-refractivity contribution in [1.29, 1.82) is 0 Å². The van der Waals surface area contributed by atoms with Gasteiger partial charge in [0.15, 0.2) is 0 Å². The topological polar surface area (TPSA) is 29.1 Å². The first kappa shape index (κ1) is 15.3. The first-order valence-corrected chi connectivity index (χ1v) is 8.53. The molecule has 1 N–H and O–H groups in total. The fourth-order valence-corrected chi connectivity index (χ4v) is 3.37. The maximum atomic E-state index is 12.9. The molecule has 1 atom stereocenters. The molecule has 2 nitrogen and oxygen atoms in total. The third kappa shape index (κ3) is 2.82. The number of benzene rings is 2. The molecule has 3 heteroatoms. The standard InChI is InChI=1S/C19H20BrNO/c1-14(15-8-10-17(20)11-9-15)21-18(22)19(12-5-13-19)16-6-3-2-4-7-16/h2-4,6-11,14H,5,12-13H2,1H3,(H,21,22). The van der Waals surface area contributed by atoms with E-state index in [1.54, 1.807) is 0 Å². The second-order valence-electron chi connectivity index (χ2n) is 6.05. The second-order valence-corrected chi connectivity index (χ2v) is 6.96. The summed E-state index contributed by atoms with van der Waals surface area (Å²) in [4.78, 5) is 12.9. The highest BCUT2D eigenvalue weighted by Gasteiger charge is 2.45. The van der Waals surface area contributed by atoms with Gasteiger partial charge in [-0.2, -0.15) is 0 Å². The highest BCUT2D eigenvalue weighted by molar-refractivity contribution is 9.10. The maximum absolute atomic E-state index is 12.9. The molecule has 1 aliphatic carbocycles. The van der Waals surface area contributed by atoms with E-state index in [1.165, 1.54) is 0 Å². The Bertz CT molecular complexity index is 647. The van der Waals surface area contributed by atoms with Crippen LogP contribution in [0.1, 0.15) is 43.4 Å². The lowest BCUT2D eigenvalue weighted by molar-refractivity contribution is -0.130. The molecule has 0 radical (unpaired) electrons. The molecule has 1 aliphatic rings. The lowest BCUT2D eigenvalue weighted by Gasteiger charge is -2.41. The summed E-state index contributed by atoms with van der Waals surface area (Å²) in [5.74, 6) is 0.153. The fourth-order valence-electron chi connectivity index (χ4n) is 3.10. The van der Waals surface area contributed by atoms with Crippen molar-refractivity contribution < 1.29 is 4.79 Å². The summed E-state index contributed by atoms with van der Waals surface area (Å²) >= 11 is 3.44. The molecule has 114 valence electrons. The number of hydrogen-bond acceptors (Lipinski definition) is 1. The highest BCUT2D eigenvalue weighted by Crippen LogP contribution is 2.44. The summed E-state index contributed by atoms with van der Waals surface area (Å²) in [6.45, 7) is 2.04. The third-order valence-electron chi connectivity index (χ3n) is 4.69. The zero-order valence-electron chi connectivity index (χ0n) is 12.7. The van der Waals surface area contributed by atoms with Crippen LogP contribution >= 0.6 is 15.9 Å². The lowest BCUT2D eigenvalue weighted by Crippen LogP contribution is -2.49. The van der Waals surface area contributed by atoms with Crippen molar-refractivity contribution in [3.63, 3.8) is 0 Å². The average molecular weight is 358 g/mol. The second kappa shape index (κ2) is 6.25. The van der Waals surface area contributed by atoms with Gasteiger partial charge in [0, 0.05) is 4.47 Å². The lowest BCUT2D eigenvalue weighted by atomic mass is 9.63. The van der Waals surface area contributed by atoms with Crippen molar-refractivity contribution in [2.45, 2.75) is 37.6 Å². The van der Waals surface area contributed by atoms with Crippen LogP contribution in [-0.4, -0.2) is 5.91 Å². The number of hydrogen-bond donors (Lipinski definition) is 1. The third-order valence-corrected chi connectivity index (χ3v) is 5.21. The van der Waals surface area contributed by atoms with Crippen molar-refractivity contribution >= 4 is 21.8 Å². The predicted molar refractivity (Wildman–Crippen MR) is 92.7 cm³/mol. The minimum Gasteiger partial charge on any atom is -0.349 e. The molecular weight excluding hydrogens is 338 g/mol. The van der Waals surface area contributed by atoms with E-state index in [0.717, 1.165) is 34.9 Å². The largest absolute Gasteiger partial charge is 0.349 e. The number of nitrogens with one attached hydrogen (secondary N) is 1. The Morgan fingerprint density at radius 2 is 1.73 bits per heavy atom. The first-order valence-electron chi connectivity index (χ1n) is 7.74. The van der Waals surface area contributed by atoms with Gasteiger partial charge in [-0.05, 0) is 43.0 Å². The van der Waals surface area contributed by atoms with Gasteiger partial charge in [0.2, 0.25) is 5.91 Å².